The van der Waals surface area contributed by atoms with Gasteiger partial charge in [-0.05, 0) is 57.3 Å². The zero-order chi connectivity index (χ0) is 14.4. The highest BCUT2D eigenvalue weighted by Crippen LogP contribution is 2.40. The number of rotatable bonds is 4. The van der Waals surface area contributed by atoms with Gasteiger partial charge in [0.05, 0.1) is 0 Å². The summed E-state index contributed by atoms with van der Waals surface area (Å²) in [6.07, 6.45) is 12.0. The van der Waals surface area contributed by atoms with Crippen molar-refractivity contribution >= 4 is 6.03 Å². The molecule has 2 N–H and O–H groups in total. The third-order valence-corrected chi connectivity index (χ3v) is 4.67. The lowest BCUT2D eigenvalue weighted by Gasteiger charge is -2.44. The van der Waals surface area contributed by atoms with Crippen molar-refractivity contribution in [3.63, 3.8) is 0 Å². The van der Waals surface area contributed by atoms with Crippen LogP contribution in [0, 0.1) is 5.41 Å². The molecule has 4 heteroatoms. The molecular weight excluding hydrogens is 252 g/mol. The van der Waals surface area contributed by atoms with Crippen molar-refractivity contribution in [1.29, 1.82) is 0 Å². The minimum Gasteiger partial charge on any atom is -0.396 e. The Hall–Kier alpha value is -1.03. The highest BCUT2D eigenvalue weighted by molar-refractivity contribution is 5.74. The molecule has 1 aliphatic heterocycles. The molecule has 2 atom stereocenters. The SMILES string of the molecule is CC(CCCO)NC(=O)N1CCCC2(CC=CCC2)C1. The van der Waals surface area contributed by atoms with Crippen LogP contribution < -0.4 is 5.32 Å². The molecule has 0 aromatic carbocycles. The fourth-order valence-corrected chi connectivity index (χ4v) is 3.47. The number of likely N-dealkylation sites (tertiary alicyclic amines) is 1. The summed E-state index contributed by atoms with van der Waals surface area (Å²) >= 11 is 0. The molecule has 1 spiro atoms. The van der Waals surface area contributed by atoms with Gasteiger partial charge in [-0.3, -0.25) is 0 Å². The van der Waals surface area contributed by atoms with Crippen LogP contribution in [-0.4, -0.2) is 41.8 Å². The molecule has 20 heavy (non-hydrogen) atoms. The lowest BCUT2D eigenvalue weighted by Crippen LogP contribution is -2.51. The van der Waals surface area contributed by atoms with Gasteiger partial charge in [-0.25, -0.2) is 4.79 Å². The summed E-state index contributed by atoms with van der Waals surface area (Å²) < 4.78 is 0. The van der Waals surface area contributed by atoms with Crippen molar-refractivity contribution in [2.24, 2.45) is 5.41 Å². The molecule has 1 aliphatic carbocycles. The Kier molecular flexibility index (Phi) is 5.46. The van der Waals surface area contributed by atoms with E-state index in [1.807, 2.05) is 11.8 Å². The molecule has 0 saturated carbocycles. The fraction of sp³-hybridized carbons (Fsp3) is 0.812. The molecule has 2 amide bonds. The molecule has 1 heterocycles. The van der Waals surface area contributed by atoms with E-state index in [4.69, 9.17) is 5.11 Å². The number of carbonyl (C=O) groups excluding carboxylic acids is 1. The van der Waals surface area contributed by atoms with Crippen molar-refractivity contribution in [3.05, 3.63) is 12.2 Å². The number of urea groups is 1. The summed E-state index contributed by atoms with van der Waals surface area (Å²) in [5, 5.41) is 11.9. The zero-order valence-electron chi connectivity index (χ0n) is 12.6. The van der Waals surface area contributed by atoms with Gasteiger partial charge in [0, 0.05) is 25.7 Å². The van der Waals surface area contributed by atoms with Gasteiger partial charge in [-0.15, -0.1) is 0 Å². The Morgan fingerprint density at radius 3 is 3.00 bits per heavy atom. The molecule has 1 saturated heterocycles. The quantitative estimate of drug-likeness (QED) is 0.778. The summed E-state index contributed by atoms with van der Waals surface area (Å²) in [7, 11) is 0. The van der Waals surface area contributed by atoms with Gasteiger partial charge >= 0.3 is 6.03 Å². The first-order chi connectivity index (χ1) is 9.65. The molecule has 2 rings (SSSR count). The molecule has 2 aliphatic rings. The zero-order valence-corrected chi connectivity index (χ0v) is 12.6. The molecule has 0 aromatic heterocycles. The van der Waals surface area contributed by atoms with Crippen LogP contribution in [0.1, 0.15) is 51.9 Å². The van der Waals surface area contributed by atoms with Crippen LogP contribution in [0.5, 0.6) is 0 Å². The van der Waals surface area contributed by atoms with Crippen LogP contribution in [0.3, 0.4) is 0 Å². The summed E-state index contributed by atoms with van der Waals surface area (Å²) in [6.45, 7) is 3.98. The number of allylic oxidation sites excluding steroid dienone is 2. The predicted octanol–water partition coefficient (Wildman–Crippen LogP) is 2.68. The predicted molar refractivity (Wildman–Crippen MR) is 80.5 cm³/mol. The molecular formula is C16H28N2O2. The standard InChI is InChI=1S/C16H28N2O2/c1-14(7-5-12-19)17-15(20)18-11-6-10-16(13-18)8-3-2-4-9-16/h2-3,14,19H,4-13H2,1H3,(H,17,20). The molecule has 1 fully saturated rings. The summed E-state index contributed by atoms with van der Waals surface area (Å²) in [4.78, 5) is 14.3. The van der Waals surface area contributed by atoms with Gasteiger partial charge in [0.25, 0.3) is 0 Å². The van der Waals surface area contributed by atoms with Gasteiger partial charge in [0.2, 0.25) is 0 Å². The van der Waals surface area contributed by atoms with Crippen molar-refractivity contribution in [2.45, 2.75) is 57.9 Å². The van der Waals surface area contributed by atoms with Crippen molar-refractivity contribution in [3.8, 4) is 0 Å². The van der Waals surface area contributed by atoms with E-state index in [-0.39, 0.29) is 18.7 Å². The second kappa shape index (κ2) is 7.11. The first-order valence-corrected chi connectivity index (χ1v) is 7.96. The largest absolute Gasteiger partial charge is 0.396 e. The highest BCUT2D eigenvalue weighted by atomic mass is 16.3. The van der Waals surface area contributed by atoms with Crippen molar-refractivity contribution < 1.29 is 9.90 Å². The average molecular weight is 280 g/mol. The molecule has 0 aromatic rings. The number of amides is 2. The van der Waals surface area contributed by atoms with Crippen LogP contribution in [0.15, 0.2) is 12.2 Å². The second-order valence-electron chi connectivity index (χ2n) is 6.46. The van der Waals surface area contributed by atoms with Crippen LogP contribution in [0.25, 0.3) is 0 Å². The van der Waals surface area contributed by atoms with E-state index in [0.29, 0.717) is 5.41 Å². The maximum Gasteiger partial charge on any atom is 0.317 e. The molecule has 0 radical (unpaired) electrons. The van der Waals surface area contributed by atoms with E-state index in [0.717, 1.165) is 45.2 Å². The lowest BCUT2D eigenvalue weighted by molar-refractivity contribution is 0.0946. The van der Waals surface area contributed by atoms with Gasteiger partial charge in [0.1, 0.15) is 0 Å². The lowest BCUT2D eigenvalue weighted by atomic mass is 9.71. The molecule has 2 unspecified atom stereocenters. The first kappa shape index (κ1) is 15.4. The molecule has 4 nitrogen and oxygen atoms in total. The monoisotopic (exact) mass is 280 g/mol. The van der Waals surface area contributed by atoms with Crippen LogP contribution in [0.4, 0.5) is 4.79 Å². The maximum absolute atomic E-state index is 12.3. The van der Waals surface area contributed by atoms with Gasteiger partial charge < -0.3 is 15.3 Å². The molecule has 114 valence electrons. The number of piperidine rings is 1. The van der Waals surface area contributed by atoms with E-state index in [1.165, 1.54) is 12.8 Å². The smallest absolute Gasteiger partial charge is 0.317 e. The average Bonchev–Trinajstić information content (AvgIpc) is 2.46. The number of hydrogen-bond donors (Lipinski definition) is 2. The summed E-state index contributed by atoms with van der Waals surface area (Å²) in [6, 6.07) is 0.211. The first-order valence-electron chi connectivity index (χ1n) is 7.96. The van der Waals surface area contributed by atoms with Gasteiger partial charge in [-0.1, -0.05) is 12.2 Å². The Morgan fingerprint density at radius 1 is 1.45 bits per heavy atom. The van der Waals surface area contributed by atoms with E-state index >= 15 is 0 Å². The Labute approximate surface area is 122 Å². The topological polar surface area (TPSA) is 52.6 Å². The minimum atomic E-state index is 0.0732. The Morgan fingerprint density at radius 2 is 2.30 bits per heavy atom. The Bertz CT molecular complexity index is 356. The maximum atomic E-state index is 12.3. The van der Waals surface area contributed by atoms with Gasteiger partial charge in [0.15, 0.2) is 0 Å². The number of nitrogens with one attached hydrogen (secondary N) is 1. The third kappa shape index (κ3) is 3.98. The van der Waals surface area contributed by atoms with E-state index in [9.17, 15) is 4.79 Å². The summed E-state index contributed by atoms with van der Waals surface area (Å²) in [5.74, 6) is 0. The highest BCUT2D eigenvalue weighted by Gasteiger charge is 2.36. The number of nitrogens with zero attached hydrogens (tertiary/aromatic N) is 1. The number of hydrogen-bond acceptors (Lipinski definition) is 2. The van der Waals surface area contributed by atoms with E-state index in [1.54, 1.807) is 0 Å². The number of aliphatic hydroxyl groups excluding tert-OH is 1. The normalized spacial score (nSPS) is 27.6. The number of carbonyl (C=O) groups is 1. The van der Waals surface area contributed by atoms with E-state index < -0.39 is 0 Å². The van der Waals surface area contributed by atoms with Crippen molar-refractivity contribution in [1.82, 2.24) is 10.2 Å². The molecule has 0 bridgehead atoms. The second-order valence-corrected chi connectivity index (χ2v) is 6.46. The minimum absolute atomic E-state index is 0.0732. The fourth-order valence-electron chi connectivity index (χ4n) is 3.47. The van der Waals surface area contributed by atoms with Gasteiger partial charge in [-0.2, -0.15) is 0 Å². The van der Waals surface area contributed by atoms with E-state index in [2.05, 4.69) is 17.5 Å². The Balaban J connectivity index is 1.85. The third-order valence-electron chi connectivity index (χ3n) is 4.67. The van der Waals surface area contributed by atoms with Crippen molar-refractivity contribution in [2.75, 3.05) is 19.7 Å². The van der Waals surface area contributed by atoms with Crippen LogP contribution >= 0.6 is 0 Å². The van der Waals surface area contributed by atoms with Crippen LogP contribution in [0.2, 0.25) is 0 Å². The van der Waals surface area contributed by atoms with Crippen LogP contribution in [-0.2, 0) is 0 Å². The number of aliphatic hydroxyl groups is 1. The summed E-state index contributed by atoms with van der Waals surface area (Å²) in [5.41, 5.74) is 0.332.